The van der Waals surface area contributed by atoms with Crippen molar-refractivity contribution in [3.63, 3.8) is 0 Å². The van der Waals surface area contributed by atoms with E-state index in [0.717, 1.165) is 47.1 Å². The number of hydrogen-bond acceptors (Lipinski definition) is 6. The van der Waals surface area contributed by atoms with E-state index in [1.54, 1.807) is 0 Å². The monoisotopic (exact) mass is 461 g/mol. The molecule has 2 heterocycles. The summed E-state index contributed by atoms with van der Waals surface area (Å²) >= 11 is 3.62. The minimum absolute atomic E-state index is 0.0691. The number of fused-ring (bicyclic) bond motifs is 1. The van der Waals surface area contributed by atoms with Crippen molar-refractivity contribution in [1.82, 2.24) is 5.32 Å². The Bertz CT molecular complexity index is 933. The van der Waals surface area contributed by atoms with Crippen molar-refractivity contribution in [2.45, 2.75) is 51.9 Å². The number of hydrogen-bond donors (Lipinski definition) is 1. The second-order valence-corrected chi connectivity index (χ2v) is 8.34. The van der Waals surface area contributed by atoms with Gasteiger partial charge in [0, 0.05) is 33.8 Å². The maximum atomic E-state index is 13.1. The Morgan fingerprint density at radius 3 is 2.79 bits per heavy atom. The average molecular weight is 462 g/mol. The molecule has 1 aliphatic carbocycles. The van der Waals surface area contributed by atoms with Gasteiger partial charge in [0.1, 0.15) is 0 Å². The van der Waals surface area contributed by atoms with Gasteiger partial charge < -0.3 is 19.5 Å². The van der Waals surface area contributed by atoms with E-state index in [1.165, 1.54) is 0 Å². The zero-order valence-corrected chi connectivity index (χ0v) is 18.2. The standard InChI is InChI=1S/C22H24BrNO5/c1-3-4-8-27-22(26)19-12(2)24-15-6-5-7-16(25)21(15)20(19)13-9-17-18(10-14(13)23)29-11-28-17/h9-10,20,24H,3-8,11H2,1-2H3. The van der Waals surface area contributed by atoms with Crippen molar-refractivity contribution < 1.29 is 23.8 Å². The van der Waals surface area contributed by atoms with Crippen molar-refractivity contribution in [3.8, 4) is 11.5 Å². The Morgan fingerprint density at radius 2 is 2.03 bits per heavy atom. The zero-order chi connectivity index (χ0) is 20.5. The van der Waals surface area contributed by atoms with Crippen molar-refractivity contribution >= 4 is 27.7 Å². The molecule has 7 heteroatoms. The molecule has 6 nitrogen and oxygen atoms in total. The number of ketones is 1. The molecule has 0 amide bonds. The molecule has 0 saturated carbocycles. The minimum atomic E-state index is -0.503. The number of esters is 1. The van der Waals surface area contributed by atoms with Gasteiger partial charge in [-0.2, -0.15) is 0 Å². The molecule has 1 aromatic carbocycles. The van der Waals surface area contributed by atoms with Gasteiger partial charge in [-0.15, -0.1) is 0 Å². The molecule has 0 bridgehead atoms. The third-order valence-electron chi connectivity index (χ3n) is 5.53. The van der Waals surface area contributed by atoms with Gasteiger partial charge in [-0.05, 0) is 43.9 Å². The number of carbonyl (C=O) groups is 2. The van der Waals surface area contributed by atoms with E-state index in [1.807, 2.05) is 26.0 Å². The number of ether oxygens (including phenoxy) is 3. The van der Waals surface area contributed by atoms with Crippen LogP contribution in [0.2, 0.25) is 0 Å². The van der Waals surface area contributed by atoms with Crippen LogP contribution in [0.15, 0.2) is 39.1 Å². The Morgan fingerprint density at radius 1 is 1.28 bits per heavy atom. The number of dihydropyridines is 1. The lowest BCUT2D eigenvalue weighted by atomic mass is 9.75. The zero-order valence-electron chi connectivity index (χ0n) is 16.6. The van der Waals surface area contributed by atoms with Crippen LogP contribution in [0.3, 0.4) is 0 Å². The molecule has 0 saturated heterocycles. The van der Waals surface area contributed by atoms with E-state index >= 15 is 0 Å². The summed E-state index contributed by atoms with van der Waals surface area (Å²) in [5.74, 6) is 0.440. The van der Waals surface area contributed by atoms with Gasteiger partial charge in [-0.25, -0.2) is 4.79 Å². The molecular weight excluding hydrogens is 438 g/mol. The lowest BCUT2D eigenvalue weighted by molar-refractivity contribution is -0.139. The number of rotatable bonds is 5. The summed E-state index contributed by atoms with van der Waals surface area (Å²) in [7, 11) is 0. The van der Waals surface area contributed by atoms with Gasteiger partial charge in [-0.3, -0.25) is 4.79 Å². The fourth-order valence-corrected chi connectivity index (χ4v) is 4.66. The molecule has 0 radical (unpaired) electrons. The quantitative estimate of drug-likeness (QED) is 0.514. The van der Waals surface area contributed by atoms with Crippen molar-refractivity contribution in [3.05, 3.63) is 44.7 Å². The summed E-state index contributed by atoms with van der Waals surface area (Å²) in [4.78, 5) is 26.0. The van der Waals surface area contributed by atoms with Crippen LogP contribution >= 0.6 is 15.9 Å². The lowest BCUT2D eigenvalue weighted by Crippen LogP contribution is -2.34. The first-order valence-electron chi connectivity index (χ1n) is 10.0. The predicted molar refractivity (Wildman–Crippen MR) is 111 cm³/mol. The molecular formula is C22H24BrNO5. The Kier molecular flexibility index (Phi) is 5.67. The van der Waals surface area contributed by atoms with Gasteiger partial charge in [0.25, 0.3) is 0 Å². The SMILES string of the molecule is CCCCOC(=O)C1=C(C)NC2=C(C(=O)CCC2)C1c1cc2c(cc1Br)OCO2. The summed E-state index contributed by atoms with van der Waals surface area (Å²) in [6, 6.07) is 3.70. The summed E-state index contributed by atoms with van der Waals surface area (Å²) in [5, 5.41) is 3.31. The van der Waals surface area contributed by atoms with E-state index in [4.69, 9.17) is 14.2 Å². The minimum Gasteiger partial charge on any atom is -0.462 e. The number of benzene rings is 1. The van der Waals surface area contributed by atoms with Gasteiger partial charge in [0.15, 0.2) is 17.3 Å². The molecule has 0 spiro atoms. The normalized spacial score (nSPS) is 20.5. The van der Waals surface area contributed by atoms with Gasteiger partial charge in [-0.1, -0.05) is 29.3 Å². The molecule has 1 N–H and O–H groups in total. The molecule has 0 fully saturated rings. The topological polar surface area (TPSA) is 73.9 Å². The highest BCUT2D eigenvalue weighted by molar-refractivity contribution is 9.10. The number of allylic oxidation sites excluding steroid dienone is 3. The molecule has 2 aliphatic heterocycles. The third kappa shape index (κ3) is 3.68. The summed E-state index contributed by atoms with van der Waals surface area (Å²) in [5.41, 5.74) is 3.58. The molecule has 154 valence electrons. The molecule has 0 aromatic heterocycles. The fraction of sp³-hybridized carbons (Fsp3) is 0.455. The van der Waals surface area contributed by atoms with Crippen LogP contribution in [0, 0.1) is 0 Å². The highest BCUT2D eigenvalue weighted by atomic mass is 79.9. The first-order valence-corrected chi connectivity index (χ1v) is 10.8. The maximum absolute atomic E-state index is 13.1. The molecule has 1 atom stereocenters. The molecule has 3 aliphatic rings. The average Bonchev–Trinajstić information content (AvgIpc) is 3.13. The van der Waals surface area contributed by atoms with Crippen LogP contribution in [0.4, 0.5) is 0 Å². The Labute approximate surface area is 178 Å². The number of unbranched alkanes of at least 4 members (excludes halogenated alkanes) is 1. The number of Topliss-reactive ketones (excluding diaryl/α,β-unsaturated/α-hetero) is 1. The number of halogens is 1. The Balaban J connectivity index is 1.82. The smallest absolute Gasteiger partial charge is 0.336 e. The van der Waals surface area contributed by atoms with Crippen LogP contribution < -0.4 is 14.8 Å². The second kappa shape index (κ2) is 8.22. The van der Waals surface area contributed by atoms with Crippen molar-refractivity contribution in [2.24, 2.45) is 0 Å². The summed E-state index contributed by atoms with van der Waals surface area (Å²) in [6.45, 7) is 4.43. The van der Waals surface area contributed by atoms with E-state index in [2.05, 4.69) is 21.2 Å². The third-order valence-corrected chi connectivity index (χ3v) is 6.22. The number of nitrogens with one attached hydrogen (secondary N) is 1. The fourth-order valence-electron chi connectivity index (χ4n) is 4.11. The highest BCUT2D eigenvalue weighted by Crippen LogP contribution is 2.48. The van der Waals surface area contributed by atoms with Gasteiger partial charge in [0.2, 0.25) is 6.79 Å². The molecule has 1 unspecified atom stereocenters. The summed E-state index contributed by atoms with van der Waals surface area (Å²) in [6.07, 6.45) is 3.82. The lowest BCUT2D eigenvalue weighted by Gasteiger charge is -2.34. The van der Waals surface area contributed by atoms with Crippen molar-refractivity contribution in [2.75, 3.05) is 13.4 Å². The van der Waals surface area contributed by atoms with Crippen LogP contribution in [0.1, 0.15) is 57.4 Å². The summed E-state index contributed by atoms with van der Waals surface area (Å²) < 4.78 is 17.3. The second-order valence-electron chi connectivity index (χ2n) is 7.48. The van der Waals surface area contributed by atoms with Crippen LogP contribution in [0.25, 0.3) is 0 Å². The van der Waals surface area contributed by atoms with E-state index < -0.39 is 5.92 Å². The van der Waals surface area contributed by atoms with Crippen LogP contribution in [-0.4, -0.2) is 25.2 Å². The Hall–Kier alpha value is -2.28. The van der Waals surface area contributed by atoms with E-state index in [-0.39, 0.29) is 18.5 Å². The molecule has 29 heavy (non-hydrogen) atoms. The predicted octanol–water partition coefficient (Wildman–Crippen LogP) is 4.49. The molecule has 4 rings (SSSR count). The van der Waals surface area contributed by atoms with E-state index in [9.17, 15) is 9.59 Å². The largest absolute Gasteiger partial charge is 0.462 e. The maximum Gasteiger partial charge on any atom is 0.336 e. The van der Waals surface area contributed by atoms with E-state index in [0.29, 0.717) is 35.7 Å². The highest BCUT2D eigenvalue weighted by Gasteiger charge is 2.40. The van der Waals surface area contributed by atoms with Crippen molar-refractivity contribution in [1.29, 1.82) is 0 Å². The molecule has 1 aromatic rings. The number of carbonyl (C=O) groups excluding carboxylic acids is 2. The first-order chi connectivity index (χ1) is 14.0. The first kappa shape index (κ1) is 20.0. The van der Waals surface area contributed by atoms with Gasteiger partial charge in [0.05, 0.1) is 12.2 Å². The van der Waals surface area contributed by atoms with Gasteiger partial charge >= 0.3 is 5.97 Å². The van der Waals surface area contributed by atoms with Crippen LogP contribution in [-0.2, 0) is 14.3 Å². The van der Waals surface area contributed by atoms with Crippen LogP contribution in [0.5, 0.6) is 11.5 Å².